The zero-order valence-corrected chi connectivity index (χ0v) is 28.2. The van der Waals surface area contributed by atoms with Crippen LogP contribution in [-0.2, 0) is 4.43 Å². The number of benzene rings is 1. The molecule has 1 atom stereocenters. The number of nitrogens with zero attached hydrogens (tertiary/aromatic N) is 1. The third kappa shape index (κ3) is 5.82. The molecule has 1 aromatic rings. The van der Waals surface area contributed by atoms with Gasteiger partial charge in [-0.3, -0.25) is 4.79 Å². The Bertz CT molecular complexity index is 990. The molecule has 1 saturated heterocycles. The maximum Gasteiger partial charge on any atom is 0.258 e. The van der Waals surface area contributed by atoms with Crippen molar-refractivity contribution in [2.24, 2.45) is 5.41 Å². The van der Waals surface area contributed by atoms with E-state index >= 15 is 0 Å². The lowest BCUT2D eigenvalue weighted by Gasteiger charge is -2.42. The van der Waals surface area contributed by atoms with Gasteiger partial charge in [-0.05, 0) is 65.5 Å². The topological polar surface area (TPSA) is 74.0 Å². The van der Waals surface area contributed by atoms with Crippen molar-refractivity contribution in [1.29, 1.82) is 0 Å². The molecule has 8 heteroatoms. The van der Waals surface area contributed by atoms with Crippen LogP contribution in [0.15, 0.2) is 12.1 Å². The summed E-state index contributed by atoms with van der Waals surface area (Å²) < 4.78 is 19.3. The number of anilines is 1. The molecule has 3 rings (SSSR count). The molecule has 1 aliphatic heterocycles. The van der Waals surface area contributed by atoms with Gasteiger partial charge in [-0.15, -0.1) is 0 Å². The van der Waals surface area contributed by atoms with Gasteiger partial charge in [0, 0.05) is 18.3 Å². The van der Waals surface area contributed by atoms with Gasteiger partial charge in [0.25, 0.3) is 14.2 Å². The zero-order valence-electron chi connectivity index (χ0n) is 26.2. The number of carbonyl (C=O) groups is 1. The summed E-state index contributed by atoms with van der Waals surface area (Å²) in [5, 5.41) is 0.131. The van der Waals surface area contributed by atoms with Crippen LogP contribution in [0.5, 0.6) is 11.5 Å². The molecular weight excluding hydrogens is 509 g/mol. The number of carbonyl (C=O) groups excluding carboxylic acids is 1. The van der Waals surface area contributed by atoms with Crippen LogP contribution in [-0.4, -0.2) is 53.7 Å². The quantitative estimate of drug-likeness (QED) is 0.232. The number of amides is 1. The molecule has 2 aliphatic rings. The Morgan fingerprint density at radius 3 is 2.05 bits per heavy atom. The maximum atomic E-state index is 14.0. The molecule has 1 spiro atoms. The van der Waals surface area contributed by atoms with E-state index in [9.17, 15) is 4.79 Å². The van der Waals surface area contributed by atoms with Crippen molar-refractivity contribution in [1.82, 2.24) is 4.90 Å². The lowest BCUT2D eigenvalue weighted by molar-refractivity contribution is 0.0680. The van der Waals surface area contributed by atoms with E-state index in [0.29, 0.717) is 46.0 Å². The van der Waals surface area contributed by atoms with Gasteiger partial charge in [-0.25, -0.2) is 0 Å². The van der Waals surface area contributed by atoms with Crippen LogP contribution in [0, 0.1) is 5.41 Å². The molecule has 1 aromatic carbocycles. The van der Waals surface area contributed by atoms with Crippen LogP contribution < -0.4 is 14.9 Å². The molecule has 38 heavy (non-hydrogen) atoms. The average molecular weight is 563 g/mol. The minimum Gasteiger partial charge on any atom is -0.540 e. The highest BCUT2D eigenvalue weighted by Gasteiger charge is 2.54. The lowest BCUT2D eigenvalue weighted by Crippen LogP contribution is -2.50. The van der Waals surface area contributed by atoms with E-state index < -0.39 is 16.6 Å². The monoisotopic (exact) mass is 562 g/mol. The summed E-state index contributed by atoms with van der Waals surface area (Å²) in [6.07, 6.45) is 3.38. The highest BCUT2D eigenvalue weighted by molar-refractivity contribution is 6.78. The highest BCUT2D eigenvalue weighted by atomic mass is 28.4. The van der Waals surface area contributed by atoms with Crippen molar-refractivity contribution < 1.29 is 18.4 Å². The van der Waals surface area contributed by atoms with Crippen LogP contribution in [0.4, 0.5) is 5.69 Å². The first kappa shape index (κ1) is 31.0. The van der Waals surface area contributed by atoms with Gasteiger partial charge in [0.15, 0.2) is 14.1 Å². The van der Waals surface area contributed by atoms with Crippen LogP contribution in [0.1, 0.15) is 91.9 Å². The highest BCUT2D eigenvalue weighted by Crippen LogP contribution is 2.55. The number of hydrogen-bond acceptors (Lipinski definition) is 5. The largest absolute Gasteiger partial charge is 0.540 e. The second-order valence-electron chi connectivity index (χ2n) is 14.4. The van der Waals surface area contributed by atoms with Crippen molar-refractivity contribution in [3.63, 3.8) is 0 Å². The molecule has 1 saturated carbocycles. The van der Waals surface area contributed by atoms with Gasteiger partial charge < -0.3 is 24.2 Å². The molecule has 2 N–H and O–H groups in total. The first-order chi connectivity index (χ1) is 17.4. The molecule has 216 valence electrons. The number of ether oxygens (including phenoxy) is 1. The average Bonchev–Trinajstić information content (AvgIpc) is 3.45. The molecular formula is C30H54N2O4Si2. The smallest absolute Gasteiger partial charge is 0.258 e. The lowest BCUT2D eigenvalue weighted by atomic mass is 10.0. The molecule has 6 nitrogen and oxygen atoms in total. The molecule has 1 aliphatic carbocycles. The van der Waals surface area contributed by atoms with E-state index in [-0.39, 0.29) is 22.4 Å². The number of hydrogen-bond donors (Lipinski definition) is 1. The summed E-state index contributed by atoms with van der Waals surface area (Å²) in [6.45, 7) is 26.2. The predicted molar refractivity (Wildman–Crippen MR) is 163 cm³/mol. The summed E-state index contributed by atoms with van der Waals surface area (Å²) in [5.74, 6) is 1.21. The maximum absolute atomic E-state index is 14.0. The van der Waals surface area contributed by atoms with Crippen molar-refractivity contribution in [3.05, 3.63) is 17.7 Å². The van der Waals surface area contributed by atoms with Gasteiger partial charge in [0.2, 0.25) is 0 Å². The number of methoxy groups -OCH3 is 1. The van der Waals surface area contributed by atoms with Crippen molar-refractivity contribution in [2.75, 3.05) is 26.0 Å². The Balaban J connectivity index is 1.91. The molecule has 1 unspecified atom stereocenters. The van der Waals surface area contributed by atoms with Crippen LogP contribution in [0.25, 0.3) is 0 Å². The zero-order chi connectivity index (χ0) is 28.8. The molecule has 0 bridgehead atoms. The Morgan fingerprint density at radius 1 is 1.05 bits per heavy atom. The van der Waals surface area contributed by atoms with Gasteiger partial charge in [0.1, 0.15) is 5.75 Å². The normalized spacial score (nSPS) is 19.7. The van der Waals surface area contributed by atoms with E-state index in [1.54, 1.807) is 13.2 Å². The molecule has 2 fully saturated rings. The number of nitrogens with two attached hydrogens (primary N) is 1. The number of nitrogen functional groups attached to an aromatic ring is 1. The Kier molecular flexibility index (Phi) is 8.82. The predicted octanol–water partition coefficient (Wildman–Crippen LogP) is 7.85. The summed E-state index contributed by atoms with van der Waals surface area (Å²) >= 11 is 0. The molecule has 0 radical (unpaired) electrons. The van der Waals surface area contributed by atoms with Crippen LogP contribution >= 0.6 is 0 Å². The van der Waals surface area contributed by atoms with E-state index in [1.807, 2.05) is 11.0 Å². The van der Waals surface area contributed by atoms with E-state index in [2.05, 4.69) is 75.4 Å². The van der Waals surface area contributed by atoms with E-state index in [4.69, 9.17) is 19.3 Å². The minimum absolute atomic E-state index is 0.0277. The summed E-state index contributed by atoms with van der Waals surface area (Å²) in [6, 6.07) is 3.70. The summed E-state index contributed by atoms with van der Waals surface area (Å²) in [5.41, 5.74) is 9.04. The second kappa shape index (κ2) is 10.8. The van der Waals surface area contributed by atoms with Crippen molar-refractivity contribution in [3.8, 4) is 11.5 Å². The van der Waals surface area contributed by atoms with Gasteiger partial charge in [-0.1, -0.05) is 62.3 Å². The first-order valence-corrected chi connectivity index (χ1v) is 19.6. The fourth-order valence-electron chi connectivity index (χ4n) is 6.31. The molecule has 0 aromatic heterocycles. The Morgan fingerprint density at radius 2 is 1.61 bits per heavy atom. The third-order valence-electron chi connectivity index (χ3n) is 9.84. The number of rotatable bonds is 10. The van der Waals surface area contributed by atoms with E-state index in [1.165, 1.54) is 12.8 Å². The van der Waals surface area contributed by atoms with Crippen molar-refractivity contribution >= 4 is 28.2 Å². The van der Waals surface area contributed by atoms with Crippen molar-refractivity contribution in [2.45, 2.75) is 122 Å². The van der Waals surface area contributed by atoms with Gasteiger partial charge >= 0.3 is 0 Å². The fraction of sp³-hybridized carbons (Fsp3) is 0.767. The van der Waals surface area contributed by atoms with Gasteiger partial charge in [-0.2, -0.15) is 0 Å². The Hall–Kier alpha value is -1.52. The standard InChI is InChI=1S/C30H54N2O4Si2/c1-20(2)38(21(3)4,22(5)6)36-27-16-25(31)24(15-26(27)34-10)28(33)32-19-30(13-14-30)17-23(32)18-35-37(11,12)29(7,8)9/h15-16,20-23H,13-14,17-19,31H2,1-12H3. The Labute approximate surface area is 234 Å². The summed E-state index contributed by atoms with van der Waals surface area (Å²) in [7, 11) is -2.50. The van der Waals surface area contributed by atoms with Crippen LogP contribution in [0.2, 0.25) is 34.8 Å². The van der Waals surface area contributed by atoms with E-state index in [0.717, 1.165) is 13.0 Å². The molecule has 1 heterocycles. The minimum atomic E-state index is -2.22. The summed E-state index contributed by atoms with van der Waals surface area (Å²) in [4.78, 5) is 16.0. The van der Waals surface area contributed by atoms with Crippen LogP contribution in [0.3, 0.4) is 0 Å². The third-order valence-corrected chi connectivity index (χ3v) is 20.3. The first-order valence-electron chi connectivity index (χ1n) is 14.5. The molecule has 1 amide bonds. The second-order valence-corrected chi connectivity index (χ2v) is 24.6. The SMILES string of the molecule is COc1cc(C(=O)N2CC3(CC3)CC2CO[Si](C)(C)C(C)(C)C)c(N)cc1O[Si](C(C)C)(C(C)C)C(C)C. The van der Waals surface area contributed by atoms with Gasteiger partial charge in [0.05, 0.1) is 25.3 Å². The fourth-order valence-corrected chi connectivity index (χ4v) is 12.6. The number of likely N-dealkylation sites (tertiary alicyclic amines) is 1.